The molecule has 3 heteroatoms. The SMILES string of the molecule is CCNc1nc(CCc2ccccc2)nc(C)c1CC. The Kier molecular flexibility index (Phi) is 5.10. The summed E-state index contributed by atoms with van der Waals surface area (Å²) < 4.78 is 0. The van der Waals surface area contributed by atoms with Crippen LogP contribution >= 0.6 is 0 Å². The molecule has 0 saturated carbocycles. The lowest BCUT2D eigenvalue weighted by Gasteiger charge is -2.12. The highest BCUT2D eigenvalue weighted by Gasteiger charge is 2.09. The van der Waals surface area contributed by atoms with Crippen molar-refractivity contribution in [1.82, 2.24) is 9.97 Å². The maximum atomic E-state index is 4.69. The van der Waals surface area contributed by atoms with E-state index < -0.39 is 0 Å². The summed E-state index contributed by atoms with van der Waals surface area (Å²) in [5.41, 5.74) is 3.66. The summed E-state index contributed by atoms with van der Waals surface area (Å²) in [5, 5.41) is 3.36. The number of rotatable bonds is 6. The molecule has 2 rings (SSSR count). The van der Waals surface area contributed by atoms with Gasteiger partial charge in [0.2, 0.25) is 0 Å². The van der Waals surface area contributed by atoms with Gasteiger partial charge in [-0.25, -0.2) is 9.97 Å². The van der Waals surface area contributed by atoms with Crippen molar-refractivity contribution in [3.8, 4) is 0 Å². The minimum absolute atomic E-state index is 0.882. The van der Waals surface area contributed by atoms with Crippen LogP contribution in [0.2, 0.25) is 0 Å². The maximum absolute atomic E-state index is 4.69. The average molecular weight is 269 g/mol. The zero-order valence-electron chi connectivity index (χ0n) is 12.6. The third kappa shape index (κ3) is 3.56. The van der Waals surface area contributed by atoms with Gasteiger partial charge in [-0.1, -0.05) is 37.3 Å². The molecule has 0 amide bonds. The predicted molar refractivity (Wildman–Crippen MR) is 84.2 cm³/mol. The zero-order valence-corrected chi connectivity index (χ0v) is 12.6. The summed E-state index contributed by atoms with van der Waals surface area (Å²) in [6.45, 7) is 7.21. The second-order valence-corrected chi connectivity index (χ2v) is 4.92. The largest absolute Gasteiger partial charge is 0.370 e. The van der Waals surface area contributed by atoms with Crippen molar-refractivity contribution in [2.75, 3.05) is 11.9 Å². The van der Waals surface area contributed by atoms with Crippen molar-refractivity contribution in [1.29, 1.82) is 0 Å². The molecule has 1 N–H and O–H groups in total. The molecule has 0 atom stereocenters. The van der Waals surface area contributed by atoms with Crippen molar-refractivity contribution < 1.29 is 0 Å². The molecular weight excluding hydrogens is 246 g/mol. The summed E-state index contributed by atoms with van der Waals surface area (Å²) in [7, 11) is 0. The fraction of sp³-hybridized carbons (Fsp3) is 0.412. The van der Waals surface area contributed by atoms with Crippen LogP contribution in [0.5, 0.6) is 0 Å². The van der Waals surface area contributed by atoms with E-state index in [4.69, 9.17) is 0 Å². The van der Waals surface area contributed by atoms with Gasteiger partial charge in [-0.05, 0) is 32.3 Å². The standard InChI is InChI=1S/C17H23N3/c1-4-15-13(3)19-16(20-17(15)18-5-2)12-11-14-9-7-6-8-10-14/h6-10H,4-5,11-12H2,1-3H3,(H,18,19,20). The predicted octanol–water partition coefficient (Wildman–Crippen LogP) is 3.56. The van der Waals surface area contributed by atoms with Crippen LogP contribution in [0.15, 0.2) is 30.3 Å². The molecule has 0 radical (unpaired) electrons. The van der Waals surface area contributed by atoms with Gasteiger partial charge in [-0.3, -0.25) is 0 Å². The Balaban J connectivity index is 2.16. The summed E-state index contributed by atoms with van der Waals surface area (Å²) in [6.07, 6.45) is 2.83. The van der Waals surface area contributed by atoms with Crippen molar-refractivity contribution in [3.63, 3.8) is 0 Å². The molecule has 1 heterocycles. The molecule has 0 aliphatic carbocycles. The van der Waals surface area contributed by atoms with E-state index in [-0.39, 0.29) is 0 Å². The lowest BCUT2D eigenvalue weighted by Crippen LogP contribution is -2.10. The zero-order chi connectivity index (χ0) is 14.4. The van der Waals surface area contributed by atoms with Gasteiger partial charge in [0, 0.05) is 24.2 Å². The molecule has 0 fully saturated rings. The highest BCUT2D eigenvalue weighted by Crippen LogP contribution is 2.17. The highest BCUT2D eigenvalue weighted by molar-refractivity contribution is 5.46. The lowest BCUT2D eigenvalue weighted by atomic mass is 10.1. The van der Waals surface area contributed by atoms with Crippen LogP contribution in [0.3, 0.4) is 0 Å². The number of hydrogen-bond donors (Lipinski definition) is 1. The van der Waals surface area contributed by atoms with Gasteiger partial charge in [0.15, 0.2) is 0 Å². The first kappa shape index (κ1) is 14.5. The third-order valence-electron chi connectivity index (χ3n) is 3.44. The Hall–Kier alpha value is -1.90. The minimum atomic E-state index is 0.882. The number of aromatic nitrogens is 2. The van der Waals surface area contributed by atoms with Gasteiger partial charge >= 0.3 is 0 Å². The quantitative estimate of drug-likeness (QED) is 0.871. The number of nitrogens with one attached hydrogen (secondary N) is 1. The van der Waals surface area contributed by atoms with Crippen LogP contribution in [0, 0.1) is 6.92 Å². The molecule has 0 saturated heterocycles. The Labute approximate surface area is 121 Å². The summed E-state index contributed by atoms with van der Waals surface area (Å²) in [5.74, 6) is 1.94. The molecule has 0 unspecified atom stereocenters. The van der Waals surface area contributed by atoms with Crippen molar-refractivity contribution in [2.45, 2.75) is 40.0 Å². The Morgan fingerprint density at radius 1 is 1.00 bits per heavy atom. The van der Waals surface area contributed by atoms with Crippen LogP contribution in [0.4, 0.5) is 5.82 Å². The van der Waals surface area contributed by atoms with Crippen LogP contribution in [-0.2, 0) is 19.3 Å². The Morgan fingerprint density at radius 3 is 2.40 bits per heavy atom. The maximum Gasteiger partial charge on any atom is 0.133 e. The number of benzene rings is 1. The third-order valence-corrected chi connectivity index (χ3v) is 3.44. The molecule has 1 aromatic heterocycles. The normalized spacial score (nSPS) is 10.6. The minimum Gasteiger partial charge on any atom is -0.370 e. The first-order valence-electron chi connectivity index (χ1n) is 7.38. The summed E-state index contributed by atoms with van der Waals surface area (Å²) in [4.78, 5) is 9.34. The van der Waals surface area contributed by atoms with Crippen LogP contribution in [0.25, 0.3) is 0 Å². The van der Waals surface area contributed by atoms with Crippen molar-refractivity contribution >= 4 is 5.82 Å². The monoisotopic (exact) mass is 269 g/mol. The molecule has 1 aromatic carbocycles. The van der Waals surface area contributed by atoms with E-state index in [2.05, 4.69) is 60.3 Å². The molecule has 2 aromatic rings. The van der Waals surface area contributed by atoms with Gasteiger partial charge < -0.3 is 5.32 Å². The van der Waals surface area contributed by atoms with Crippen LogP contribution < -0.4 is 5.32 Å². The van der Waals surface area contributed by atoms with Crippen LogP contribution in [0.1, 0.15) is 36.5 Å². The number of nitrogens with zero attached hydrogens (tertiary/aromatic N) is 2. The van der Waals surface area contributed by atoms with Gasteiger partial charge in [0.1, 0.15) is 11.6 Å². The second-order valence-electron chi connectivity index (χ2n) is 4.92. The average Bonchev–Trinajstić information content (AvgIpc) is 2.46. The highest BCUT2D eigenvalue weighted by atomic mass is 15.0. The van der Waals surface area contributed by atoms with Crippen molar-refractivity contribution in [2.24, 2.45) is 0 Å². The Bertz CT molecular complexity index is 550. The second kappa shape index (κ2) is 7.04. The van der Waals surface area contributed by atoms with E-state index >= 15 is 0 Å². The van der Waals surface area contributed by atoms with Crippen molar-refractivity contribution in [3.05, 3.63) is 53.0 Å². The fourth-order valence-electron chi connectivity index (χ4n) is 2.40. The smallest absolute Gasteiger partial charge is 0.133 e. The van der Waals surface area contributed by atoms with E-state index in [0.29, 0.717) is 0 Å². The lowest BCUT2D eigenvalue weighted by molar-refractivity contribution is 0.832. The van der Waals surface area contributed by atoms with Gasteiger partial charge in [0.25, 0.3) is 0 Å². The first-order chi connectivity index (χ1) is 9.74. The number of anilines is 1. The van der Waals surface area contributed by atoms with Gasteiger partial charge in [-0.2, -0.15) is 0 Å². The van der Waals surface area contributed by atoms with E-state index in [0.717, 1.165) is 43.1 Å². The molecule has 0 aliphatic heterocycles. The van der Waals surface area contributed by atoms with Gasteiger partial charge in [0.05, 0.1) is 0 Å². The summed E-state index contributed by atoms with van der Waals surface area (Å²) >= 11 is 0. The number of hydrogen-bond acceptors (Lipinski definition) is 3. The van der Waals surface area contributed by atoms with E-state index in [9.17, 15) is 0 Å². The number of aryl methyl sites for hydroxylation is 3. The molecule has 20 heavy (non-hydrogen) atoms. The molecular formula is C17H23N3. The topological polar surface area (TPSA) is 37.8 Å². The summed E-state index contributed by atoms with van der Waals surface area (Å²) in [6, 6.07) is 10.5. The molecule has 0 aliphatic rings. The molecule has 0 bridgehead atoms. The van der Waals surface area contributed by atoms with E-state index in [1.54, 1.807) is 0 Å². The first-order valence-corrected chi connectivity index (χ1v) is 7.38. The van der Waals surface area contributed by atoms with E-state index in [1.165, 1.54) is 11.1 Å². The molecule has 3 nitrogen and oxygen atoms in total. The molecule has 0 spiro atoms. The molecule has 106 valence electrons. The fourth-order valence-corrected chi connectivity index (χ4v) is 2.40. The van der Waals surface area contributed by atoms with Crippen LogP contribution in [-0.4, -0.2) is 16.5 Å². The Morgan fingerprint density at radius 2 is 1.75 bits per heavy atom. The van der Waals surface area contributed by atoms with E-state index in [1.807, 2.05) is 6.07 Å². The van der Waals surface area contributed by atoms with Gasteiger partial charge in [-0.15, -0.1) is 0 Å².